The van der Waals surface area contributed by atoms with Crippen LogP contribution in [0.1, 0.15) is 0 Å². The number of aliphatic carboxylic acids is 1. The molecule has 0 saturated heterocycles. The minimum Gasteiger partial charge on any atom is -0.480 e. The molecule has 0 aliphatic carbocycles. The number of carboxylic acid groups (broad SMARTS) is 1. The smallest absolute Gasteiger partial charge is 0.321 e. The molecule has 0 heterocycles. The van der Waals surface area contributed by atoms with E-state index in [0.717, 1.165) is 16.2 Å². The summed E-state index contributed by atoms with van der Waals surface area (Å²) in [5, 5.41) is 11.6. The number of carboxylic acids is 1. The van der Waals surface area contributed by atoms with Crippen molar-refractivity contribution in [2.75, 3.05) is 16.8 Å². The van der Waals surface area contributed by atoms with E-state index >= 15 is 0 Å². The number of hydrogen-bond acceptors (Lipinski definition) is 4. The van der Waals surface area contributed by atoms with E-state index < -0.39 is 12.0 Å². The average molecular weight is 368 g/mol. The second-order valence-electron chi connectivity index (χ2n) is 3.63. The fraction of sp³-hybridized carbons (Fsp3) is 0.273. The van der Waals surface area contributed by atoms with Gasteiger partial charge in [-0.3, -0.25) is 9.59 Å². The van der Waals surface area contributed by atoms with E-state index in [-0.39, 0.29) is 17.4 Å². The Morgan fingerprint density at radius 3 is 2.79 bits per heavy atom. The van der Waals surface area contributed by atoms with E-state index in [0.29, 0.717) is 10.7 Å². The third kappa shape index (κ3) is 5.82. The molecule has 0 bridgehead atoms. The molecule has 104 valence electrons. The fourth-order valence-electron chi connectivity index (χ4n) is 1.13. The molecule has 4 N–H and O–H groups in total. The average Bonchev–Trinajstić information content (AvgIpc) is 2.32. The molecule has 0 aliphatic rings. The number of thioether (sulfide) groups is 1. The third-order valence-corrected chi connectivity index (χ3v) is 3.92. The van der Waals surface area contributed by atoms with Crippen LogP contribution >= 0.6 is 39.3 Å². The maximum absolute atomic E-state index is 11.6. The predicted octanol–water partition coefficient (Wildman–Crippen LogP) is 2.19. The Kier molecular flexibility index (Phi) is 6.64. The standard InChI is InChI=1S/C11H12BrClN2O3S/c12-6-1-2-9(7(13)3-6)15-10(16)5-19-4-8(14)11(17)18/h1-3,8H,4-5,14H2,(H,15,16)(H,17,18)/t8-/m0/s1. The second kappa shape index (κ2) is 7.74. The van der Waals surface area contributed by atoms with Crippen molar-refractivity contribution in [1.29, 1.82) is 0 Å². The summed E-state index contributed by atoms with van der Waals surface area (Å²) in [6.45, 7) is 0. The van der Waals surface area contributed by atoms with Gasteiger partial charge in [-0.25, -0.2) is 0 Å². The molecule has 0 fully saturated rings. The highest BCUT2D eigenvalue weighted by Crippen LogP contribution is 2.25. The minimum atomic E-state index is -1.08. The lowest BCUT2D eigenvalue weighted by atomic mass is 10.3. The first-order valence-electron chi connectivity index (χ1n) is 5.21. The Labute approximate surface area is 128 Å². The van der Waals surface area contributed by atoms with Crippen LogP contribution in [-0.4, -0.2) is 34.5 Å². The van der Waals surface area contributed by atoms with Crippen LogP contribution in [0.3, 0.4) is 0 Å². The molecular formula is C11H12BrClN2O3S. The number of hydrogen-bond donors (Lipinski definition) is 3. The van der Waals surface area contributed by atoms with Crippen molar-refractivity contribution in [3.05, 3.63) is 27.7 Å². The van der Waals surface area contributed by atoms with Crippen LogP contribution in [0.5, 0.6) is 0 Å². The van der Waals surface area contributed by atoms with Crippen LogP contribution in [-0.2, 0) is 9.59 Å². The van der Waals surface area contributed by atoms with Gasteiger partial charge in [0.15, 0.2) is 0 Å². The number of benzene rings is 1. The predicted molar refractivity (Wildman–Crippen MR) is 80.7 cm³/mol. The Hall–Kier alpha value is -0.760. The Morgan fingerprint density at radius 1 is 1.53 bits per heavy atom. The van der Waals surface area contributed by atoms with Crippen molar-refractivity contribution in [2.24, 2.45) is 5.73 Å². The van der Waals surface area contributed by atoms with Gasteiger partial charge < -0.3 is 16.2 Å². The lowest BCUT2D eigenvalue weighted by molar-refractivity contribution is -0.137. The maximum Gasteiger partial charge on any atom is 0.321 e. The zero-order valence-electron chi connectivity index (χ0n) is 9.73. The first kappa shape index (κ1) is 16.3. The molecule has 1 amide bonds. The Bertz CT molecular complexity index is 487. The van der Waals surface area contributed by atoms with Crippen molar-refractivity contribution in [2.45, 2.75) is 6.04 Å². The summed E-state index contributed by atoms with van der Waals surface area (Å²) in [4.78, 5) is 22.1. The third-order valence-electron chi connectivity index (χ3n) is 2.05. The summed E-state index contributed by atoms with van der Waals surface area (Å²) in [5.41, 5.74) is 5.83. The first-order chi connectivity index (χ1) is 8.90. The molecule has 0 aliphatic heterocycles. The largest absolute Gasteiger partial charge is 0.480 e. The zero-order chi connectivity index (χ0) is 14.4. The molecule has 8 heteroatoms. The van der Waals surface area contributed by atoms with Crippen LogP contribution in [0, 0.1) is 0 Å². The number of amides is 1. The topological polar surface area (TPSA) is 92.4 Å². The lowest BCUT2D eigenvalue weighted by Gasteiger charge is -2.08. The van der Waals surface area contributed by atoms with Gasteiger partial charge in [0.25, 0.3) is 0 Å². The summed E-state index contributed by atoms with van der Waals surface area (Å²) in [6.07, 6.45) is 0. The SMILES string of the molecule is N[C@@H](CSCC(=O)Nc1ccc(Br)cc1Cl)C(=O)O. The molecule has 0 aromatic heterocycles. The number of nitrogens with two attached hydrogens (primary N) is 1. The summed E-state index contributed by atoms with van der Waals surface area (Å²) in [6, 6.07) is 4.14. The number of halogens is 2. The van der Waals surface area contributed by atoms with Gasteiger partial charge in [0, 0.05) is 10.2 Å². The molecule has 1 aromatic rings. The second-order valence-corrected chi connectivity index (χ2v) is 5.99. The van der Waals surface area contributed by atoms with Gasteiger partial charge >= 0.3 is 5.97 Å². The molecule has 0 saturated carbocycles. The number of anilines is 1. The van der Waals surface area contributed by atoms with E-state index in [9.17, 15) is 9.59 Å². The van der Waals surface area contributed by atoms with Gasteiger partial charge in [0.05, 0.1) is 16.5 Å². The summed E-state index contributed by atoms with van der Waals surface area (Å²) >= 11 is 10.4. The van der Waals surface area contributed by atoms with Gasteiger partial charge in [-0.05, 0) is 18.2 Å². The van der Waals surface area contributed by atoms with Gasteiger partial charge in [0.1, 0.15) is 6.04 Å². The lowest BCUT2D eigenvalue weighted by Crippen LogP contribution is -2.33. The van der Waals surface area contributed by atoms with Crippen LogP contribution in [0.2, 0.25) is 5.02 Å². The number of rotatable bonds is 6. The monoisotopic (exact) mass is 366 g/mol. The fourth-order valence-corrected chi connectivity index (χ4v) is 2.62. The number of nitrogens with one attached hydrogen (secondary N) is 1. The van der Waals surface area contributed by atoms with Crippen LogP contribution in [0.25, 0.3) is 0 Å². The van der Waals surface area contributed by atoms with Gasteiger partial charge in [0.2, 0.25) is 5.91 Å². The zero-order valence-corrected chi connectivity index (χ0v) is 12.9. The van der Waals surface area contributed by atoms with E-state index in [1.165, 1.54) is 0 Å². The van der Waals surface area contributed by atoms with E-state index in [1.54, 1.807) is 18.2 Å². The highest BCUT2D eigenvalue weighted by atomic mass is 79.9. The molecule has 0 unspecified atom stereocenters. The van der Waals surface area contributed by atoms with Gasteiger partial charge in [-0.2, -0.15) is 0 Å². The van der Waals surface area contributed by atoms with Crippen molar-refractivity contribution in [3.63, 3.8) is 0 Å². The molecule has 1 aromatic carbocycles. The van der Waals surface area contributed by atoms with Crippen molar-refractivity contribution in [3.8, 4) is 0 Å². The summed E-state index contributed by atoms with van der Waals surface area (Å²) in [7, 11) is 0. The van der Waals surface area contributed by atoms with Crippen molar-refractivity contribution >= 4 is 56.9 Å². The van der Waals surface area contributed by atoms with E-state index in [1.807, 2.05) is 0 Å². The molecule has 0 spiro atoms. The first-order valence-corrected chi connectivity index (χ1v) is 7.53. The van der Waals surface area contributed by atoms with Crippen LogP contribution in [0.4, 0.5) is 5.69 Å². The van der Waals surface area contributed by atoms with Gasteiger partial charge in [-0.1, -0.05) is 27.5 Å². The molecule has 19 heavy (non-hydrogen) atoms. The quantitative estimate of drug-likeness (QED) is 0.717. The highest BCUT2D eigenvalue weighted by Gasteiger charge is 2.12. The van der Waals surface area contributed by atoms with Crippen molar-refractivity contribution in [1.82, 2.24) is 0 Å². The molecular weight excluding hydrogens is 356 g/mol. The Balaban J connectivity index is 2.41. The molecule has 1 rings (SSSR count). The molecule has 1 atom stereocenters. The van der Waals surface area contributed by atoms with Crippen LogP contribution < -0.4 is 11.1 Å². The maximum atomic E-state index is 11.6. The minimum absolute atomic E-state index is 0.118. The normalized spacial score (nSPS) is 11.9. The van der Waals surface area contributed by atoms with Gasteiger partial charge in [-0.15, -0.1) is 11.8 Å². The highest BCUT2D eigenvalue weighted by molar-refractivity contribution is 9.10. The number of carbonyl (C=O) groups is 2. The number of carbonyl (C=O) groups excluding carboxylic acids is 1. The summed E-state index contributed by atoms with van der Waals surface area (Å²) in [5.74, 6) is -1.04. The molecule has 0 radical (unpaired) electrons. The summed E-state index contributed by atoms with van der Waals surface area (Å²) < 4.78 is 0.817. The van der Waals surface area contributed by atoms with Crippen molar-refractivity contribution < 1.29 is 14.7 Å². The van der Waals surface area contributed by atoms with E-state index in [4.69, 9.17) is 22.4 Å². The van der Waals surface area contributed by atoms with Crippen LogP contribution in [0.15, 0.2) is 22.7 Å². The Morgan fingerprint density at radius 2 is 2.21 bits per heavy atom. The molecule has 5 nitrogen and oxygen atoms in total. The van der Waals surface area contributed by atoms with E-state index in [2.05, 4.69) is 21.2 Å².